The molecule has 2 heterocycles. The van der Waals surface area contributed by atoms with E-state index in [1.54, 1.807) is 23.9 Å². The maximum atomic E-state index is 11.8. The van der Waals surface area contributed by atoms with E-state index < -0.39 is 0 Å². The Hall–Kier alpha value is -2.44. The van der Waals surface area contributed by atoms with Crippen LogP contribution in [0.5, 0.6) is 0 Å². The molecule has 0 radical (unpaired) electrons. The normalized spacial score (nSPS) is 10.3. The Balaban J connectivity index is 1.91. The quantitative estimate of drug-likeness (QED) is 0.790. The van der Waals surface area contributed by atoms with Gasteiger partial charge in [-0.15, -0.1) is 0 Å². The second-order valence-corrected chi connectivity index (χ2v) is 3.78. The molecule has 0 saturated heterocycles. The summed E-state index contributed by atoms with van der Waals surface area (Å²) in [6.45, 7) is 2.85. The smallest absolute Gasteiger partial charge is 0.270 e. The number of nitrogens with zero attached hydrogens (tertiary/aromatic N) is 4. The van der Waals surface area contributed by atoms with E-state index in [0.717, 1.165) is 0 Å². The Morgan fingerprint density at radius 3 is 3.00 bits per heavy atom. The number of aryl methyl sites for hydroxylation is 1. The molecule has 94 valence electrons. The number of aromatic nitrogens is 4. The van der Waals surface area contributed by atoms with Crippen molar-refractivity contribution in [3.63, 3.8) is 0 Å². The summed E-state index contributed by atoms with van der Waals surface area (Å²) in [6, 6.07) is 3.43. The molecule has 1 amide bonds. The van der Waals surface area contributed by atoms with E-state index in [-0.39, 0.29) is 17.5 Å². The van der Waals surface area contributed by atoms with Crippen LogP contribution in [0.1, 0.15) is 16.2 Å². The summed E-state index contributed by atoms with van der Waals surface area (Å²) in [5.41, 5.74) is 6.43. The first-order valence-electron chi connectivity index (χ1n) is 5.52. The van der Waals surface area contributed by atoms with Crippen LogP contribution in [-0.2, 0) is 6.54 Å². The van der Waals surface area contributed by atoms with Gasteiger partial charge in [0.15, 0.2) is 0 Å². The van der Waals surface area contributed by atoms with E-state index in [0.29, 0.717) is 18.8 Å². The zero-order chi connectivity index (χ0) is 13.0. The molecule has 0 bridgehead atoms. The van der Waals surface area contributed by atoms with Crippen molar-refractivity contribution in [2.24, 2.45) is 0 Å². The van der Waals surface area contributed by atoms with Gasteiger partial charge in [0.05, 0.1) is 6.54 Å². The van der Waals surface area contributed by atoms with Gasteiger partial charge in [-0.1, -0.05) is 0 Å². The predicted molar refractivity (Wildman–Crippen MR) is 65.7 cm³/mol. The Morgan fingerprint density at radius 2 is 2.33 bits per heavy atom. The Bertz CT molecular complexity index is 516. The molecular formula is C11H14N6O. The number of nitrogens with two attached hydrogens (primary N) is 1. The van der Waals surface area contributed by atoms with Crippen LogP contribution in [0.2, 0.25) is 0 Å². The molecule has 18 heavy (non-hydrogen) atoms. The molecule has 0 spiro atoms. The fourth-order valence-electron chi connectivity index (χ4n) is 1.52. The second kappa shape index (κ2) is 5.26. The van der Waals surface area contributed by atoms with Crippen LogP contribution >= 0.6 is 0 Å². The molecule has 0 fully saturated rings. The average Bonchev–Trinajstić information content (AvgIpc) is 2.80. The first kappa shape index (κ1) is 12.0. The molecule has 3 N–H and O–H groups in total. The average molecular weight is 246 g/mol. The van der Waals surface area contributed by atoms with Gasteiger partial charge in [0.1, 0.15) is 5.69 Å². The highest BCUT2D eigenvalue weighted by Crippen LogP contribution is 2.01. The van der Waals surface area contributed by atoms with Crippen molar-refractivity contribution >= 4 is 11.9 Å². The van der Waals surface area contributed by atoms with Crippen molar-refractivity contribution in [2.45, 2.75) is 13.5 Å². The van der Waals surface area contributed by atoms with Crippen LogP contribution in [0.15, 0.2) is 24.5 Å². The maximum Gasteiger partial charge on any atom is 0.270 e. The largest absolute Gasteiger partial charge is 0.368 e. The monoisotopic (exact) mass is 246 g/mol. The highest BCUT2D eigenvalue weighted by Gasteiger charge is 2.08. The number of rotatable bonds is 4. The number of amides is 1. The van der Waals surface area contributed by atoms with Crippen LogP contribution in [0.25, 0.3) is 0 Å². The molecule has 7 nitrogen and oxygen atoms in total. The number of nitrogens with one attached hydrogen (secondary N) is 1. The molecule has 0 aromatic carbocycles. The third kappa shape index (κ3) is 3.03. The number of hydrogen-bond acceptors (Lipinski definition) is 5. The first-order valence-corrected chi connectivity index (χ1v) is 5.52. The Labute approximate surface area is 104 Å². The van der Waals surface area contributed by atoms with E-state index in [2.05, 4.69) is 20.4 Å². The zero-order valence-corrected chi connectivity index (χ0v) is 10.00. The van der Waals surface area contributed by atoms with Crippen molar-refractivity contribution in [1.82, 2.24) is 25.1 Å². The summed E-state index contributed by atoms with van der Waals surface area (Å²) in [5, 5.41) is 6.78. The fourth-order valence-corrected chi connectivity index (χ4v) is 1.52. The number of anilines is 1. The van der Waals surface area contributed by atoms with Crippen molar-refractivity contribution < 1.29 is 4.79 Å². The minimum absolute atomic E-state index is 0.104. The summed E-state index contributed by atoms with van der Waals surface area (Å²) in [5.74, 6) is -0.161. The molecular weight excluding hydrogens is 232 g/mol. The SMILES string of the molecule is Cc1cc(C(=O)NCCn2cccn2)nc(N)n1. The first-order chi connectivity index (χ1) is 8.65. The summed E-state index contributed by atoms with van der Waals surface area (Å²) in [7, 11) is 0. The molecule has 2 rings (SSSR count). The van der Waals surface area contributed by atoms with Gasteiger partial charge in [-0.05, 0) is 19.1 Å². The lowest BCUT2D eigenvalue weighted by Crippen LogP contribution is -2.28. The van der Waals surface area contributed by atoms with Gasteiger partial charge in [-0.3, -0.25) is 9.48 Å². The third-order valence-corrected chi connectivity index (χ3v) is 2.29. The summed E-state index contributed by atoms with van der Waals surface area (Å²) < 4.78 is 1.74. The van der Waals surface area contributed by atoms with Crippen molar-refractivity contribution in [3.8, 4) is 0 Å². The highest BCUT2D eigenvalue weighted by atomic mass is 16.1. The highest BCUT2D eigenvalue weighted by molar-refractivity contribution is 5.92. The van der Waals surface area contributed by atoms with Gasteiger partial charge < -0.3 is 11.1 Å². The Morgan fingerprint density at radius 1 is 1.50 bits per heavy atom. The molecule has 0 unspecified atom stereocenters. The van der Waals surface area contributed by atoms with Gasteiger partial charge in [-0.2, -0.15) is 5.10 Å². The molecule has 0 aliphatic carbocycles. The van der Waals surface area contributed by atoms with Crippen LogP contribution in [0.4, 0.5) is 5.95 Å². The van der Waals surface area contributed by atoms with Crippen molar-refractivity contribution in [1.29, 1.82) is 0 Å². The van der Waals surface area contributed by atoms with E-state index >= 15 is 0 Å². The van der Waals surface area contributed by atoms with Crippen molar-refractivity contribution in [3.05, 3.63) is 35.9 Å². The van der Waals surface area contributed by atoms with E-state index in [9.17, 15) is 4.79 Å². The lowest BCUT2D eigenvalue weighted by atomic mass is 10.3. The molecule has 0 aliphatic rings. The molecule has 7 heteroatoms. The summed E-state index contributed by atoms with van der Waals surface area (Å²) >= 11 is 0. The number of nitrogen functional groups attached to an aromatic ring is 1. The lowest BCUT2D eigenvalue weighted by molar-refractivity contribution is 0.0947. The standard InChI is InChI=1S/C11H14N6O/c1-8-7-9(16-11(12)15-8)10(18)13-4-6-17-5-2-3-14-17/h2-3,5,7H,4,6H2,1H3,(H,13,18)(H2,12,15,16). The minimum Gasteiger partial charge on any atom is -0.368 e. The number of carbonyl (C=O) groups excluding carboxylic acids is 1. The molecule has 2 aromatic rings. The van der Waals surface area contributed by atoms with Crippen LogP contribution in [0.3, 0.4) is 0 Å². The molecule has 0 saturated carbocycles. The number of carbonyl (C=O) groups is 1. The van der Waals surface area contributed by atoms with Crippen molar-refractivity contribution in [2.75, 3.05) is 12.3 Å². The van der Waals surface area contributed by atoms with Gasteiger partial charge in [-0.25, -0.2) is 9.97 Å². The Kier molecular flexibility index (Phi) is 3.52. The summed E-state index contributed by atoms with van der Waals surface area (Å²) in [4.78, 5) is 19.6. The topological polar surface area (TPSA) is 98.7 Å². The predicted octanol–water partition coefficient (Wildman–Crippen LogP) is -0.00628. The van der Waals surface area contributed by atoms with Gasteiger partial charge in [0.2, 0.25) is 5.95 Å². The number of hydrogen-bond donors (Lipinski definition) is 2. The van der Waals surface area contributed by atoms with Gasteiger partial charge in [0, 0.05) is 24.6 Å². The van der Waals surface area contributed by atoms with Gasteiger partial charge >= 0.3 is 0 Å². The van der Waals surface area contributed by atoms with Gasteiger partial charge in [0.25, 0.3) is 5.91 Å². The second-order valence-electron chi connectivity index (χ2n) is 3.78. The van der Waals surface area contributed by atoms with E-state index in [1.807, 2.05) is 12.3 Å². The van der Waals surface area contributed by atoms with Crippen LogP contribution < -0.4 is 11.1 Å². The zero-order valence-electron chi connectivity index (χ0n) is 10.00. The van der Waals surface area contributed by atoms with Crippen LogP contribution in [0, 0.1) is 6.92 Å². The lowest BCUT2D eigenvalue weighted by Gasteiger charge is -2.06. The van der Waals surface area contributed by atoms with Crippen LogP contribution in [-0.4, -0.2) is 32.2 Å². The molecule has 0 aliphatic heterocycles. The minimum atomic E-state index is -0.264. The fraction of sp³-hybridized carbons (Fsp3) is 0.273. The maximum absolute atomic E-state index is 11.8. The third-order valence-electron chi connectivity index (χ3n) is 2.29. The molecule has 2 aromatic heterocycles. The summed E-state index contributed by atoms with van der Waals surface area (Å²) in [6.07, 6.45) is 3.52. The van der Waals surface area contributed by atoms with E-state index in [1.165, 1.54) is 0 Å². The molecule has 0 atom stereocenters. The van der Waals surface area contributed by atoms with E-state index in [4.69, 9.17) is 5.73 Å².